The Labute approximate surface area is 179 Å². The average Bonchev–Trinajstić information content (AvgIpc) is 2.99. The summed E-state index contributed by atoms with van der Waals surface area (Å²) < 4.78 is 5.57. The van der Waals surface area contributed by atoms with Gasteiger partial charge < -0.3 is 14.5 Å². The number of carbonyl (C=O) groups is 1. The minimum atomic E-state index is -0.522. The van der Waals surface area contributed by atoms with E-state index in [1.807, 2.05) is 54.7 Å². The number of fused-ring (bicyclic) bond motifs is 1. The number of ether oxygens (including phenoxy) is 1. The Kier molecular flexibility index (Phi) is 5.74. The lowest BCUT2D eigenvalue weighted by Gasteiger charge is -2.33. The molecule has 0 aliphatic carbocycles. The summed E-state index contributed by atoms with van der Waals surface area (Å²) in [4.78, 5) is 25.4. The predicted molar refractivity (Wildman–Crippen MR) is 119 cm³/mol. The average molecular weight is 415 g/mol. The Hall–Kier alpha value is -2.02. The Morgan fingerprint density at radius 1 is 1.34 bits per heavy atom. The number of aromatic nitrogens is 2. The lowest BCUT2D eigenvalue weighted by Crippen LogP contribution is -2.45. The smallest absolute Gasteiger partial charge is 0.410 e. The highest BCUT2D eigenvalue weighted by Gasteiger charge is 2.39. The van der Waals surface area contributed by atoms with E-state index < -0.39 is 5.60 Å². The van der Waals surface area contributed by atoms with Crippen LogP contribution in [-0.4, -0.2) is 60.1 Å². The molecule has 0 bridgehead atoms. The van der Waals surface area contributed by atoms with Crippen molar-refractivity contribution in [3.05, 3.63) is 22.5 Å². The van der Waals surface area contributed by atoms with Crippen LogP contribution in [0.2, 0.25) is 5.28 Å². The summed E-state index contributed by atoms with van der Waals surface area (Å²) in [5.41, 5.74) is 2.82. The van der Waals surface area contributed by atoms with Crippen molar-refractivity contribution in [3.63, 3.8) is 0 Å². The summed E-state index contributed by atoms with van der Waals surface area (Å²) in [5, 5.41) is 1.09. The molecular weight excluding hydrogens is 387 g/mol. The maximum absolute atomic E-state index is 12.6. The van der Waals surface area contributed by atoms with Gasteiger partial charge in [-0.3, -0.25) is 0 Å². The molecule has 6 nitrogen and oxygen atoms in total. The van der Waals surface area contributed by atoms with Gasteiger partial charge in [-0.25, -0.2) is 9.78 Å². The molecule has 3 rings (SSSR count). The van der Waals surface area contributed by atoms with Crippen LogP contribution in [0.3, 0.4) is 0 Å². The number of halogens is 1. The fourth-order valence-corrected chi connectivity index (χ4v) is 4.18. The number of amides is 1. The molecule has 8 heteroatoms. The number of hydrogen-bond acceptors (Lipinski definition) is 5. The number of aryl methyl sites for hydroxylation is 2. The van der Waals surface area contributed by atoms with E-state index >= 15 is 0 Å². The molecule has 1 fully saturated rings. The van der Waals surface area contributed by atoms with Crippen LogP contribution < -0.4 is 10.4 Å². The second kappa shape index (κ2) is 7.67. The number of hydrogen-bond donors (Lipinski definition) is 0. The lowest BCUT2D eigenvalue weighted by molar-refractivity contribution is 0.0233. The van der Waals surface area contributed by atoms with Gasteiger partial charge in [-0.1, -0.05) is 11.0 Å². The maximum atomic E-state index is 12.6. The quantitative estimate of drug-likeness (QED) is 0.556. The van der Waals surface area contributed by atoms with Crippen molar-refractivity contribution in [2.24, 2.45) is 0 Å². The van der Waals surface area contributed by atoms with E-state index in [1.165, 1.54) is 0 Å². The highest BCUT2D eigenvalue weighted by Crippen LogP contribution is 2.32. The minimum absolute atomic E-state index is 0.0328. The van der Waals surface area contributed by atoms with Gasteiger partial charge in [0.25, 0.3) is 0 Å². The highest BCUT2D eigenvalue weighted by atomic mass is 35.5. The van der Waals surface area contributed by atoms with Crippen molar-refractivity contribution in [2.45, 2.75) is 65.6 Å². The second-order valence-electron chi connectivity index (χ2n) is 8.83. The lowest BCUT2D eigenvalue weighted by atomic mass is 9.85. The van der Waals surface area contributed by atoms with E-state index in [1.54, 1.807) is 4.90 Å². The number of rotatable bonds is 2. The van der Waals surface area contributed by atoms with Gasteiger partial charge in [-0.15, -0.1) is 0 Å². The van der Waals surface area contributed by atoms with Crippen LogP contribution in [0.25, 0.3) is 10.9 Å². The van der Waals surface area contributed by atoms with Crippen molar-refractivity contribution in [1.82, 2.24) is 14.9 Å². The van der Waals surface area contributed by atoms with Crippen molar-refractivity contribution < 1.29 is 9.53 Å². The Bertz CT molecular complexity index is 960. The molecule has 1 saturated heterocycles. The third-order valence-electron chi connectivity index (χ3n) is 5.62. The monoisotopic (exact) mass is 414 g/mol. The van der Waals surface area contributed by atoms with Crippen LogP contribution in [0.5, 0.6) is 0 Å². The van der Waals surface area contributed by atoms with Gasteiger partial charge in [0, 0.05) is 19.0 Å². The van der Waals surface area contributed by atoms with Gasteiger partial charge in [-0.2, -0.15) is 4.98 Å². The van der Waals surface area contributed by atoms with E-state index in [-0.39, 0.29) is 23.5 Å². The fourth-order valence-electron chi connectivity index (χ4n) is 4.01. The molecule has 2 radical (unpaired) electrons. The van der Waals surface area contributed by atoms with Crippen molar-refractivity contribution >= 4 is 47.7 Å². The molecule has 2 heterocycles. The Morgan fingerprint density at radius 2 is 2.00 bits per heavy atom. The molecule has 1 aliphatic heterocycles. The second-order valence-corrected chi connectivity index (χ2v) is 9.16. The summed E-state index contributed by atoms with van der Waals surface area (Å²) >= 11 is 6.25. The van der Waals surface area contributed by atoms with Crippen LogP contribution in [0.1, 0.15) is 45.2 Å². The van der Waals surface area contributed by atoms with Crippen molar-refractivity contribution in [1.29, 1.82) is 0 Å². The van der Waals surface area contributed by atoms with Gasteiger partial charge >= 0.3 is 6.09 Å². The highest BCUT2D eigenvalue weighted by molar-refractivity contribution is 6.36. The molecular formula is C21H28BClN4O2. The third kappa shape index (κ3) is 4.15. The van der Waals surface area contributed by atoms with E-state index in [9.17, 15) is 4.79 Å². The molecule has 2 unspecified atom stereocenters. The first-order chi connectivity index (χ1) is 13.4. The van der Waals surface area contributed by atoms with Gasteiger partial charge in [0.1, 0.15) is 19.3 Å². The SMILES string of the molecule is [B]c1c(C)cc2c(N(C)C3CCN(C(=O)OC(C)(C)C)C3C)nc(Cl)nc2c1C. The molecule has 29 heavy (non-hydrogen) atoms. The zero-order valence-corrected chi connectivity index (χ0v) is 19.0. The van der Waals surface area contributed by atoms with E-state index in [0.29, 0.717) is 12.0 Å². The molecule has 2 aromatic rings. The van der Waals surface area contributed by atoms with Crippen molar-refractivity contribution in [3.8, 4) is 0 Å². The number of carbonyl (C=O) groups excluding carboxylic acids is 1. The number of anilines is 1. The van der Waals surface area contributed by atoms with Crippen LogP contribution in [0, 0.1) is 13.8 Å². The summed E-state index contributed by atoms with van der Waals surface area (Å²) in [5.74, 6) is 0.745. The van der Waals surface area contributed by atoms with Gasteiger partial charge in [-0.05, 0) is 71.2 Å². The molecule has 154 valence electrons. The summed E-state index contributed by atoms with van der Waals surface area (Å²) in [6.07, 6.45) is 0.526. The van der Waals surface area contributed by atoms with E-state index in [2.05, 4.69) is 14.9 Å². The standard InChI is InChI=1S/C21H28BClN4O2/c1-11-10-14-17(12(2)16(11)22)24-19(23)25-18(14)26(7)15-8-9-27(13(15)3)20(28)29-21(4,5)6/h10,13,15H,8-9H2,1-7H3. The third-order valence-corrected chi connectivity index (χ3v) is 5.79. The Balaban J connectivity index is 1.96. The van der Waals surface area contributed by atoms with Crippen LogP contribution in [0.15, 0.2) is 6.07 Å². The molecule has 2 atom stereocenters. The number of likely N-dealkylation sites (N-methyl/N-ethyl adjacent to an activating group) is 1. The topological polar surface area (TPSA) is 58.6 Å². The normalized spacial score (nSPS) is 19.7. The molecule has 1 aromatic heterocycles. The van der Waals surface area contributed by atoms with E-state index in [4.69, 9.17) is 24.2 Å². The zero-order valence-electron chi connectivity index (χ0n) is 18.2. The summed E-state index contributed by atoms with van der Waals surface area (Å²) in [7, 11) is 8.18. The number of benzene rings is 1. The number of nitrogens with zero attached hydrogens (tertiary/aromatic N) is 4. The first-order valence-electron chi connectivity index (χ1n) is 9.86. The molecule has 1 amide bonds. The van der Waals surface area contributed by atoms with Crippen molar-refractivity contribution in [2.75, 3.05) is 18.5 Å². The van der Waals surface area contributed by atoms with Gasteiger partial charge in [0.15, 0.2) is 0 Å². The first-order valence-corrected chi connectivity index (χ1v) is 10.2. The predicted octanol–water partition coefficient (Wildman–Crippen LogP) is 3.53. The molecule has 1 aliphatic rings. The zero-order chi connectivity index (χ0) is 21.7. The molecule has 1 aromatic carbocycles. The van der Waals surface area contributed by atoms with Gasteiger partial charge in [0.05, 0.1) is 17.6 Å². The fraction of sp³-hybridized carbons (Fsp3) is 0.571. The van der Waals surface area contributed by atoms with Crippen LogP contribution in [-0.2, 0) is 4.74 Å². The first kappa shape index (κ1) is 21.7. The Morgan fingerprint density at radius 3 is 2.62 bits per heavy atom. The molecule has 0 saturated carbocycles. The van der Waals surface area contributed by atoms with Crippen LogP contribution >= 0.6 is 11.6 Å². The number of likely N-dealkylation sites (tertiary alicyclic amines) is 1. The molecule has 0 N–H and O–H groups in total. The van der Waals surface area contributed by atoms with Gasteiger partial charge in [0.2, 0.25) is 5.28 Å². The largest absolute Gasteiger partial charge is 0.444 e. The molecule has 0 spiro atoms. The van der Waals surface area contributed by atoms with Crippen LogP contribution in [0.4, 0.5) is 10.6 Å². The minimum Gasteiger partial charge on any atom is -0.444 e. The maximum Gasteiger partial charge on any atom is 0.410 e. The van der Waals surface area contributed by atoms with E-state index in [0.717, 1.165) is 34.3 Å². The summed E-state index contributed by atoms with van der Waals surface area (Å²) in [6.45, 7) is 12.2. The summed E-state index contributed by atoms with van der Waals surface area (Å²) in [6, 6.07) is 2.05.